The minimum Gasteiger partial charge on any atom is -0.332 e. The molecule has 0 spiro atoms. The molecule has 0 unspecified atom stereocenters. The Balaban J connectivity index is 1.42. The third kappa shape index (κ3) is 3.80. The number of rotatable bonds is 3. The van der Waals surface area contributed by atoms with Crippen molar-refractivity contribution < 1.29 is 4.79 Å². The Morgan fingerprint density at radius 1 is 1.15 bits per heavy atom. The van der Waals surface area contributed by atoms with E-state index in [2.05, 4.69) is 25.9 Å². The number of nitrogens with zero attached hydrogens (tertiary/aromatic N) is 4. The van der Waals surface area contributed by atoms with Gasteiger partial charge in [-0.25, -0.2) is 0 Å². The quantitative estimate of drug-likeness (QED) is 0.498. The maximum Gasteiger partial charge on any atom is 0.258 e. The summed E-state index contributed by atoms with van der Waals surface area (Å²) in [6, 6.07) is 14.3. The van der Waals surface area contributed by atoms with Gasteiger partial charge >= 0.3 is 0 Å². The summed E-state index contributed by atoms with van der Waals surface area (Å²) < 4.78 is 1.63. The second kappa shape index (κ2) is 7.39. The van der Waals surface area contributed by atoms with Crippen LogP contribution >= 0.6 is 35.2 Å². The summed E-state index contributed by atoms with van der Waals surface area (Å²) in [7, 11) is 0. The fourth-order valence-corrected chi connectivity index (χ4v) is 3.61. The molecular weight excluding hydrogens is 404 g/mol. The Kier molecular flexibility index (Phi) is 4.80. The maximum atomic E-state index is 12.2. The lowest BCUT2D eigenvalue weighted by molar-refractivity contribution is 0.0978. The third-order valence-corrected chi connectivity index (χ3v) is 5.12. The summed E-state index contributed by atoms with van der Waals surface area (Å²) >= 11 is 12.7. The number of aromatic nitrogens is 4. The molecule has 0 fully saturated rings. The van der Waals surface area contributed by atoms with Gasteiger partial charge in [-0.2, -0.15) is 9.61 Å². The van der Waals surface area contributed by atoms with Gasteiger partial charge in [0, 0.05) is 11.3 Å². The zero-order valence-corrected chi connectivity index (χ0v) is 16.0. The third-order valence-electron chi connectivity index (χ3n) is 3.62. The molecule has 0 radical (unpaired) electrons. The van der Waals surface area contributed by atoms with Gasteiger partial charge in [0.25, 0.3) is 5.91 Å². The monoisotopic (exact) mass is 414 g/mol. The summed E-state index contributed by atoms with van der Waals surface area (Å²) in [6.45, 7) is 0. The molecule has 2 aromatic heterocycles. The van der Waals surface area contributed by atoms with E-state index in [1.165, 1.54) is 11.3 Å². The fraction of sp³-hybridized carbons (Fsp3) is 0. The first-order chi connectivity index (χ1) is 13.1. The summed E-state index contributed by atoms with van der Waals surface area (Å²) in [5.74, 6) is -0.366. The predicted octanol–water partition coefficient (Wildman–Crippen LogP) is 3.63. The Hall–Kier alpha value is -2.88. The topological polar surface area (TPSA) is 84.2 Å². The highest BCUT2D eigenvalue weighted by molar-refractivity contribution is 7.80. The van der Waals surface area contributed by atoms with Crippen LogP contribution in [0.4, 0.5) is 5.69 Å². The number of carbonyl (C=O) groups is 1. The fourth-order valence-electron chi connectivity index (χ4n) is 2.35. The lowest BCUT2D eigenvalue weighted by Gasteiger charge is -2.10. The summed E-state index contributed by atoms with van der Waals surface area (Å²) in [5, 5.41) is 19.1. The van der Waals surface area contributed by atoms with E-state index in [1.807, 2.05) is 24.3 Å². The second-order valence-corrected chi connectivity index (χ2v) is 7.20. The number of fused-ring (bicyclic) bond motifs is 1. The highest BCUT2D eigenvalue weighted by atomic mass is 35.5. The highest BCUT2D eigenvalue weighted by Crippen LogP contribution is 2.25. The van der Waals surface area contributed by atoms with Crippen LogP contribution in [-0.4, -0.2) is 30.8 Å². The Labute approximate surface area is 168 Å². The van der Waals surface area contributed by atoms with Gasteiger partial charge in [-0.3, -0.25) is 10.1 Å². The van der Waals surface area contributed by atoms with Crippen molar-refractivity contribution in [2.45, 2.75) is 0 Å². The zero-order valence-electron chi connectivity index (χ0n) is 13.6. The molecule has 27 heavy (non-hydrogen) atoms. The van der Waals surface area contributed by atoms with Crippen LogP contribution in [0.2, 0.25) is 5.02 Å². The minimum absolute atomic E-state index is 0.187. The van der Waals surface area contributed by atoms with Gasteiger partial charge in [-0.1, -0.05) is 35.1 Å². The number of nitrogens with one attached hydrogen (secondary N) is 2. The van der Waals surface area contributed by atoms with Crippen LogP contribution in [-0.2, 0) is 0 Å². The molecule has 0 atom stereocenters. The predicted molar refractivity (Wildman–Crippen MR) is 109 cm³/mol. The molecule has 134 valence electrons. The van der Waals surface area contributed by atoms with Crippen LogP contribution in [0.5, 0.6) is 0 Å². The van der Waals surface area contributed by atoms with E-state index in [-0.39, 0.29) is 11.0 Å². The molecule has 0 aliphatic carbocycles. The normalized spacial score (nSPS) is 10.7. The second-order valence-electron chi connectivity index (χ2n) is 5.43. The van der Waals surface area contributed by atoms with Crippen LogP contribution in [0.3, 0.4) is 0 Å². The Bertz CT molecular complexity index is 1110. The van der Waals surface area contributed by atoms with E-state index in [9.17, 15) is 4.79 Å². The van der Waals surface area contributed by atoms with Crippen molar-refractivity contribution >= 4 is 56.8 Å². The molecule has 0 aliphatic rings. The van der Waals surface area contributed by atoms with Crippen LogP contribution in [0.25, 0.3) is 15.5 Å². The number of thiocarbonyl (C=S) groups is 1. The van der Waals surface area contributed by atoms with Crippen LogP contribution in [0, 0.1) is 0 Å². The van der Waals surface area contributed by atoms with Gasteiger partial charge in [0.1, 0.15) is 11.3 Å². The van der Waals surface area contributed by atoms with Gasteiger partial charge in [0.15, 0.2) is 5.11 Å². The number of hydrogen-bond acceptors (Lipinski definition) is 6. The van der Waals surface area contributed by atoms with Gasteiger partial charge < -0.3 is 5.32 Å². The van der Waals surface area contributed by atoms with E-state index < -0.39 is 0 Å². The number of hydrogen-bond donors (Lipinski definition) is 2. The number of amides is 1. The smallest absolute Gasteiger partial charge is 0.258 e. The highest BCUT2D eigenvalue weighted by Gasteiger charge is 2.12. The molecule has 0 aliphatic heterocycles. The Morgan fingerprint density at radius 2 is 1.93 bits per heavy atom. The first-order valence-corrected chi connectivity index (χ1v) is 9.34. The molecule has 4 aromatic rings. The van der Waals surface area contributed by atoms with Gasteiger partial charge in [-0.15, -0.1) is 10.2 Å². The van der Waals surface area contributed by atoms with Gasteiger partial charge in [0.05, 0.1) is 10.6 Å². The van der Waals surface area contributed by atoms with Gasteiger partial charge in [0.2, 0.25) is 4.96 Å². The average molecular weight is 415 g/mol. The number of carbonyl (C=O) groups excluding carboxylic acids is 1. The largest absolute Gasteiger partial charge is 0.332 e. The zero-order chi connectivity index (χ0) is 18.8. The van der Waals surface area contributed by atoms with Crippen molar-refractivity contribution in [3.63, 3.8) is 0 Å². The summed E-state index contributed by atoms with van der Waals surface area (Å²) in [4.78, 5) is 13.0. The van der Waals surface area contributed by atoms with E-state index in [4.69, 9.17) is 23.8 Å². The van der Waals surface area contributed by atoms with Crippen LogP contribution in [0.1, 0.15) is 10.4 Å². The SMILES string of the molecule is O=C(NC(=S)Nc1ccc(-c2nn3cnnc3s2)cc1)c1ccccc1Cl. The molecule has 0 saturated heterocycles. The van der Waals surface area contributed by atoms with E-state index >= 15 is 0 Å². The number of halogens is 1. The van der Waals surface area contributed by atoms with Gasteiger partial charge in [-0.05, 0) is 48.6 Å². The molecule has 2 heterocycles. The van der Waals surface area contributed by atoms with E-state index in [0.717, 1.165) is 21.2 Å². The molecule has 10 heteroatoms. The molecule has 1 amide bonds. The minimum atomic E-state index is -0.366. The van der Waals surface area contributed by atoms with E-state index in [1.54, 1.807) is 35.1 Å². The van der Waals surface area contributed by atoms with Crippen molar-refractivity contribution in [3.8, 4) is 10.6 Å². The van der Waals surface area contributed by atoms with Crippen molar-refractivity contribution in [1.82, 2.24) is 25.1 Å². The van der Waals surface area contributed by atoms with Crippen molar-refractivity contribution in [2.75, 3.05) is 5.32 Å². The summed E-state index contributed by atoms with van der Waals surface area (Å²) in [6.07, 6.45) is 1.56. The first-order valence-electron chi connectivity index (χ1n) is 7.74. The molecule has 2 N–H and O–H groups in total. The number of benzene rings is 2. The number of anilines is 1. The molecular formula is C17H11ClN6OS2. The van der Waals surface area contributed by atoms with Crippen LogP contribution in [0.15, 0.2) is 54.9 Å². The Morgan fingerprint density at radius 3 is 2.67 bits per heavy atom. The first kappa shape index (κ1) is 17.5. The molecule has 0 bridgehead atoms. The molecule has 2 aromatic carbocycles. The molecule has 4 rings (SSSR count). The van der Waals surface area contributed by atoms with Crippen molar-refractivity contribution in [2.24, 2.45) is 0 Å². The lowest BCUT2D eigenvalue weighted by Crippen LogP contribution is -2.34. The van der Waals surface area contributed by atoms with E-state index in [0.29, 0.717) is 10.6 Å². The summed E-state index contributed by atoms with van der Waals surface area (Å²) in [5.41, 5.74) is 2.05. The van der Waals surface area contributed by atoms with Crippen molar-refractivity contribution in [3.05, 3.63) is 65.4 Å². The van der Waals surface area contributed by atoms with Crippen LogP contribution < -0.4 is 10.6 Å². The standard InChI is InChI=1S/C17H11ClN6OS2/c18-13-4-2-1-3-12(13)14(25)21-16(26)20-11-7-5-10(6-8-11)15-23-24-9-19-22-17(24)27-15/h1-9H,(H2,20,21,25,26). The molecule has 7 nitrogen and oxygen atoms in total. The average Bonchev–Trinajstić information content (AvgIpc) is 3.24. The lowest BCUT2D eigenvalue weighted by atomic mass is 10.2. The molecule has 0 saturated carbocycles. The maximum absolute atomic E-state index is 12.2. The van der Waals surface area contributed by atoms with Crippen molar-refractivity contribution in [1.29, 1.82) is 0 Å².